The van der Waals surface area contributed by atoms with E-state index in [9.17, 15) is 14.7 Å². The molecular formula is C31H48O5. The summed E-state index contributed by atoms with van der Waals surface area (Å²) in [7, 11) is 0. The Bertz CT molecular complexity index is 881. The molecule has 3 rings (SSSR count). The summed E-state index contributed by atoms with van der Waals surface area (Å²) < 4.78 is 12.1. The van der Waals surface area contributed by atoms with Gasteiger partial charge in [-0.3, -0.25) is 9.59 Å². The Morgan fingerprint density at radius 3 is 2.39 bits per heavy atom. The lowest BCUT2D eigenvalue weighted by atomic mass is 9.60. The van der Waals surface area contributed by atoms with Crippen molar-refractivity contribution in [2.24, 2.45) is 29.1 Å². The fourth-order valence-electron chi connectivity index (χ4n) is 7.51. The van der Waals surface area contributed by atoms with Crippen molar-refractivity contribution < 1.29 is 24.2 Å². The summed E-state index contributed by atoms with van der Waals surface area (Å²) in [6, 6.07) is 0. The van der Waals surface area contributed by atoms with Gasteiger partial charge in [-0.05, 0) is 67.3 Å². The van der Waals surface area contributed by atoms with E-state index < -0.39 is 17.7 Å². The molecule has 0 aromatic rings. The van der Waals surface area contributed by atoms with Crippen LogP contribution in [0.4, 0.5) is 0 Å². The Labute approximate surface area is 218 Å². The fourth-order valence-corrected chi connectivity index (χ4v) is 7.51. The van der Waals surface area contributed by atoms with E-state index in [1.807, 2.05) is 0 Å². The van der Waals surface area contributed by atoms with Crippen molar-refractivity contribution in [3.63, 3.8) is 0 Å². The van der Waals surface area contributed by atoms with Gasteiger partial charge in [0.05, 0.1) is 6.10 Å². The Morgan fingerprint density at radius 2 is 1.78 bits per heavy atom. The Morgan fingerprint density at radius 1 is 1.11 bits per heavy atom. The normalized spacial score (nSPS) is 33.0. The van der Waals surface area contributed by atoms with Crippen LogP contribution in [0.25, 0.3) is 0 Å². The van der Waals surface area contributed by atoms with Gasteiger partial charge in [0.2, 0.25) is 0 Å². The van der Waals surface area contributed by atoms with Crippen molar-refractivity contribution in [1.29, 1.82) is 0 Å². The van der Waals surface area contributed by atoms with Gasteiger partial charge in [0.25, 0.3) is 5.79 Å². The van der Waals surface area contributed by atoms with Crippen molar-refractivity contribution in [1.82, 2.24) is 0 Å². The smallest absolute Gasteiger partial charge is 0.305 e. The number of hydrogen-bond acceptors (Lipinski definition) is 5. The summed E-state index contributed by atoms with van der Waals surface area (Å²) in [5.41, 5.74) is 3.40. The highest BCUT2D eigenvalue weighted by Gasteiger charge is 2.66. The zero-order valence-electron chi connectivity index (χ0n) is 23.4. The first-order chi connectivity index (χ1) is 16.9. The minimum atomic E-state index is -1.24. The zero-order chi connectivity index (χ0) is 26.7. The van der Waals surface area contributed by atoms with Crippen LogP contribution in [0, 0.1) is 29.1 Å². The Hall–Kier alpha value is -1.88. The van der Waals surface area contributed by atoms with Crippen LogP contribution in [0.5, 0.6) is 0 Å². The van der Waals surface area contributed by atoms with Crippen molar-refractivity contribution in [2.45, 2.75) is 118 Å². The van der Waals surface area contributed by atoms with Crippen molar-refractivity contribution in [2.75, 3.05) is 0 Å². The molecular weight excluding hydrogens is 452 g/mol. The summed E-state index contributed by atoms with van der Waals surface area (Å²) in [5, 5.41) is 10.2. The molecule has 3 aliphatic rings. The second-order valence-electron chi connectivity index (χ2n) is 12.3. The number of allylic oxidation sites excluding steroid dienone is 4. The molecule has 0 unspecified atom stereocenters. The van der Waals surface area contributed by atoms with Crippen LogP contribution in [-0.4, -0.2) is 28.9 Å². The number of aliphatic hydroxyl groups excluding tert-OH is 1. The van der Waals surface area contributed by atoms with E-state index in [2.05, 4.69) is 46.4 Å². The van der Waals surface area contributed by atoms with E-state index in [0.29, 0.717) is 18.8 Å². The lowest BCUT2D eigenvalue weighted by molar-refractivity contribution is -0.251. The average molecular weight is 501 g/mol. The maximum Gasteiger partial charge on any atom is 0.305 e. The zero-order valence-corrected chi connectivity index (χ0v) is 23.4. The molecule has 0 spiro atoms. The molecule has 0 aliphatic heterocycles. The van der Waals surface area contributed by atoms with Gasteiger partial charge in [0.15, 0.2) is 0 Å². The van der Waals surface area contributed by atoms with Gasteiger partial charge >= 0.3 is 11.9 Å². The molecule has 5 atom stereocenters. The van der Waals surface area contributed by atoms with E-state index in [-0.39, 0.29) is 29.3 Å². The van der Waals surface area contributed by atoms with E-state index in [1.54, 1.807) is 0 Å². The van der Waals surface area contributed by atoms with Crippen molar-refractivity contribution in [3.8, 4) is 0 Å². The maximum absolute atomic E-state index is 12.4. The Balaban J connectivity index is 2.01. The van der Waals surface area contributed by atoms with Crippen LogP contribution in [0.15, 0.2) is 35.5 Å². The molecule has 36 heavy (non-hydrogen) atoms. The van der Waals surface area contributed by atoms with Crippen LogP contribution in [0.2, 0.25) is 0 Å². The highest BCUT2D eigenvalue weighted by molar-refractivity contribution is 5.69. The minimum absolute atomic E-state index is 0.0715. The van der Waals surface area contributed by atoms with Crippen LogP contribution in [0.3, 0.4) is 0 Å². The van der Waals surface area contributed by atoms with E-state index in [1.165, 1.54) is 19.4 Å². The maximum atomic E-state index is 12.4. The minimum Gasteiger partial charge on any atom is -0.422 e. The first kappa shape index (κ1) is 28.7. The topological polar surface area (TPSA) is 72.8 Å². The summed E-state index contributed by atoms with van der Waals surface area (Å²) in [6.45, 7) is 16.1. The molecule has 3 aliphatic carbocycles. The number of rotatable bonds is 8. The molecule has 1 N–H and O–H groups in total. The van der Waals surface area contributed by atoms with Gasteiger partial charge in [-0.25, -0.2) is 0 Å². The lowest BCUT2D eigenvalue weighted by Gasteiger charge is -2.46. The van der Waals surface area contributed by atoms with Gasteiger partial charge in [0.1, 0.15) is 0 Å². The molecule has 0 radical (unpaired) electrons. The monoisotopic (exact) mass is 500 g/mol. The fraction of sp³-hybridized carbons (Fsp3) is 0.742. The third-order valence-corrected chi connectivity index (χ3v) is 8.93. The molecule has 202 valence electrons. The van der Waals surface area contributed by atoms with Gasteiger partial charge in [-0.15, -0.1) is 0 Å². The summed E-state index contributed by atoms with van der Waals surface area (Å²) in [4.78, 5) is 24.8. The highest BCUT2D eigenvalue weighted by atomic mass is 16.7. The predicted octanol–water partition coefficient (Wildman–Crippen LogP) is 7.05. The predicted molar refractivity (Wildman–Crippen MR) is 143 cm³/mol. The number of carbonyl (C=O) groups is 2. The number of esters is 2. The van der Waals surface area contributed by atoms with Crippen LogP contribution >= 0.6 is 0 Å². The first-order valence-electron chi connectivity index (χ1n) is 14.0. The van der Waals surface area contributed by atoms with E-state index in [0.717, 1.165) is 62.5 Å². The van der Waals surface area contributed by atoms with Crippen LogP contribution in [-0.2, 0) is 19.1 Å². The molecule has 3 saturated carbocycles. The number of carbonyl (C=O) groups excluding carboxylic acids is 2. The largest absolute Gasteiger partial charge is 0.422 e. The number of ether oxygens (including phenoxy) is 2. The van der Waals surface area contributed by atoms with Crippen LogP contribution in [0.1, 0.15) is 106 Å². The molecule has 0 saturated heterocycles. The van der Waals surface area contributed by atoms with Gasteiger partial charge in [-0.1, -0.05) is 76.8 Å². The standard InChI is InChI=1S/C31H48O5/c1-20(2)10-8-11-22(4)29-30(7)17-9-12-25(14-15-26-18-27(34)16-13-21(26)3)28(30)19-31(29,35-23(5)32)36-24(6)33/h14-15,20,22,27-29,34H,3,8-13,16-19H2,1-2,4-7H3/b25-14+,26-15+/t22-,27+,28+,29-,30-/m1/s1. The van der Waals surface area contributed by atoms with Gasteiger partial charge < -0.3 is 14.6 Å². The van der Waals surface area contributed by atoms with E-state index >= 15 is 0 Å². The molecule has 5 nitrogen and oxygen atoms in total. The number of fused-ring (bicyclic) bond motifs is 1. The summed E-state index contributed by atoms with van der Waals surface area (Å²) in [6.07, 6.45) is 13.1. The highest BCUT2D eigenvalue weighted by Crippen LogP contribution is 2.65. The van der Waals surface area contributed by atoms with Gasteiger partial charge in [-0.2, -0.15) is 0 Å². The lowest BCUT2D eigenvalue weighted by Crippen LogP contribution is -2.49. The molecule has 0 aromatic carbocycles. The summed E-state index contributed by atoms with van der Waals surface area (Å²) >= 11 is 0. The molecule has 0 heterocycles. The summed E-state index contributed by atoms with van der Waals surface area (Å²) in [5.74, 6) is -1.09. The average Bonchev–Trinajstić information content (AvgIpc) is 3.00. The SMILES string of the molecule is C=C1CC[C@H](O)C/C1=C\C=C1/CCC[C@]2(C)[C@H]1CC(OC(C)=O)(OC(C)=O)[C@@H]2[C@H](C)CCCC(C)C. The van der Waals surface area contributed by atoms with Gasteiger partial charge in [0, 0.05) is 26.2 Å². The third-order valence-electron chi connectivity index (χ3n) is 8.93. The first-order valence-corrected chi connectivity index (χ1v) is 14.0. The number of aliphatic hydroxyl groups is 1. The van der Waals surface area contributed by atoms with Crippen LogP contribution < -0.4 is 0 Å². The second kappa shape index (κ2) is 11.7. The molecule has 0 amide bonds. The Kier molecular flexibility index (Phi) is 9.30. The second-order valence-corrected chi connectivity index (χ2v) is 12.3. The molecule has 0 bridgehead atoms. The molecule has 5 heteroatoms. The quantitative estimate of drug-likeness (QED) is 0.285. The molecule has 3 fully saturated rings. The number of hydrogen-bond donors (Lipinski definition) is 1. The van der Waals surface area contributed by atoms with Crippen molar-refractivity contribution in [3.05, 3.63) is 35.5 Å². The van der Waals surface area contributed by atoms with E-state index in [4.69, 9.17) is 9.47 Å². The van der Waals surface area contributed by atoms with Crippen molar-refractivity contribution >= 4 is 11.9 Å². The molecule has 0 aromatic heterocycles. The third kappa shape index (κ3) is 6.33.